The number of hydrogen-bond donors (Lipinski definition) is 3. The number of rotatable bonds is 4. The molecule has 2 aliphatic rings. The Bertz CT molecular complexity index is 1070. The molecule has 0 unspecified atom stereocenters. The van der Waals surface area contributed by atoms with Gasteiger partial charge in [0.15, 0.2) is 5.82 Å². The molecule has 1 atom stereocenters. The number of carbonyl (C=O) groups is 1. The minimum atomic E-state index is -0.00833. The van der Waals surface area contributed by atoms with Crippen molar-refractivity contribution in [3.8, 4) is 0 Å². The summed E-state index contributed by atoms with van der Waals surface area (Å²) < 4.78 is 0. The van der Waals surface area contributed by atoms with Crippen molar-refractivity contribution < 1.29 is 4.79 Å². The number of H-pyrrole nitrogens is 1. The zero-order valence-corrected chi connectivity index (χ0v) is 16.8. The zero-order valence-electron chi connectivity index (χ0n) is 16.8. The van der Waals surface area contributed by atoms with E-state index in [2.05, 4.69) is 33.8 Å². The summed E-state index contributed by atoms with van der Waals surface area (Å²) in [6.07, 6.45) is 2.43. The molecule has 0 spiro atoms. The number of fused-ring (bicyclic) bond motifs is 1. The molecule has 5 rings (SSSR count). The Morgan fingerprint density at radius 3 is 2.79 bits per heavy atom. The van der Waals surface area contributed by atoms with Gasteiger partial charge in [0, 0.05) is 48.7 Å². The number of pyridine rings is 1. The highest BCUT2D eigenvalue weighted by Gasteiger charge is 2.28. The van der Waals surface area contributed by atoms with E-state index in [9.17, 15) is 4.79 Å². The Balaban J connectivity index is 1.55. The Kier molecular flexibility index (Phi) is 4.47. The minimum Gasteiger partial charge on any atom is -0.332 e. The van der Waals surface area contributed by atoms with Crippen molar-refractivity contribution >= 4 is 28.3 Å². The van der Waals surface area contributed by atoms with E-state index in [-0.39, 0.29) is 11.9 Å². The van der Waals surface area contributed by atoms with Crippen molar-refractivity contribution in [2.75, 3.05) is 25.0 Å². The van der Waals surface area contributed by atoms with E-state index < -0.39 is 0 Å². The van der Waals surface area contributed by atoms with Crippen molar-refractivity contribution in [3.05, 3.63) is 47.3 Å². The third kappa shape index (κ3) is 3.35. The molecule has 29 heavy (non-hydrogen) atoms. The van der Waals surface area contributed by atoms with Gasteiger partial charge in [0.05, 0.1) is 0 Å². The van der Waals surface area contributed by atoms with Gasteiger partial charge in [0.25, 0.3) is 5.91 Å². The molecule has 0 radical (unpaired) electrons. The standard InChI is InChI=1S/C22H26N6O/c1-13-12-23-9-10-28(13)22(29)20-14(2)16-5-3-4-6-17(16)21(25-20)24-19-11-18(26-27-19)15-7-8-15/h3-6,11,13,15,23H,7-10,12H2,1-2H3,(H2,24,25,26,27)/t13-/m1/s1. The third-order valence-electron chi connectivity index (χ3n) is 5.99. The average molecular weight is 390 g/mol. The Labute approximate surface area is 169 Å². The highest BCUT2D eigenvalue weighted by atomic mass is 16.2. The van der Waals surface area contributed by atoms with Crippen molar-refractivity contribution in [2.45, 2.75) is 38.6 Å². The van der Waals surface area contributed by atoms with E-state index in [1.165, 1.54) is 12.8 Å². The van der Waals surface area contributed by atoms with Gasteiger partial charge in [-0.1, -0.05) is 24.3 Å². The molecule has 1 aliphatic carbocycles. The second-order valence-corrected chi connectivity index (χ2v) is 8.14. The summed E-state index contributed by atoms with van der Waals surface area (Å²) in [5.74, 6) is 2.01. The summed E-state index contributed by atoms with van der Waals surface area (Å²) in [4.78, 5) is 20.1. The predicted molar refractivity (Wildman–Crippen MR) is 114 cm³/mol. The maximum absolute atomic E-state index is 13.4. The Morgan fingerprint density at radius 2 is 2.03 bits per heavy atom. The zero-order chi connectivity index (χ0) is 20.0. The van der Waals surface area contributed by atoms with Crippen LogP contribution < -0.4 is 10.6 Å². The third-order valence-corrected chi connectivity index (χ3v) is 5.99. The molecule has 2 fully saturated rings. The molecule has 1 saturated carbocycles. The molecule has 7 heteroatoms. The van der Waals surface area contributed by atoms with Crippen LogP contribution in [0.1, 0.15) is 47.4 Å². The number of aromatic nitrogens is 3. The lowest BCUT2D eigenvalue weighted by atomic mass is 10.0. The summed E-state index contributed by atoms with van der Waals surface area (Å²) in [7, 11) is 0. The summed E-state index contributed by atoms with van der Waals surface area (Å²) in [5, 5.41) is 16.2. The number of amides is 1. The first-order valence-corrected chi connectivity index (χ1v) is 10.3. The molecule has 7 nitrogen and oxygen atoms in total. The van der Waals surface area contributed by atoms with Crippen LogP contribution in [0.25, 0.3) is 10.8 Å². The summed E-state index contributed by atoms with van der Waals surface area (Å²) >= 11 is 0. The monoisotopic (exact) mass is 390 g/mol. The number of aryl methyl sites for hydroxylation is 1. The number of piperazine rings is 1. The first-order valence-electron chi connectivity index (χ1n) is 10.3. The average Bonchev–Trinajstić information content (AvgIpc) is 3.49. The molecule has 1 saturated heterocycles. The molecule has 0 bridgehead atoms. The van der Waals surface area contributed by atoms with Crippen LogP contribution in [0.5, 0.6) is 0 Å². The summed E-state index contributed by atoms with van der Waals surface area (Å²) in [6, 6.07) is 10.3. The lowest BCUT2D eigenvalue weighted by Gasteiger charge is -2.34. The van der Waals surface area contributed by atoms with Gasteiger partial charge in [0.1, 0.15) is 11.5 Å². The topological polar surface area (TPSA) is 85.9 Å². The molecule has 1 amide bonds. The van der Waals surface area contributed by atoms with Gasteiger partial charge >= 0.3 is 0 Å². The van der Waals surface area contributed by atoms with Gasteiger partial charge in [-0.25, -0.2) is 4.98 Å². The normalized spacial score (nSPS) is 19.5. The smallest absolute Gasteiger partial charge is 0.273 e. The molecule has 1 aromatic carbocycles. The van der Waals surface area contributed by atoms with Gasteiger partial charge in [0.2, 0.25) is 0 Å². The van der Waals surface area contributed by atoms with E-state index in [0.717, 1.165) is 40.9 Å². The van der Waals surface area contributed by atoms with E-state index in [4.69, 9.17) is 4.98 Å². The Morgan fingerprint density at radius 1 is 1.24 bits per heavy atom. The number of anilines is 2. The van der Waals surface area contributed by atoms with Crippen LogP contribution >= 0.6 is 0 Å². The highest BCUT2D eigenvalue weighted by Crippen LogP contribution is 2.40. The number of carbonyl (C=O) groups excluding carboxylic acids is 1. The fraction of sp³-hybridized carbons (Fsp3) is 0.409. The minimum absolute atomic E-state index is 0.00833. The van der Waals surface area contributed by atoms with Crippen molar-refractivity contribution in [1.29, 1.82) is 0 Å². The molecule has 150 valence electrons. The molecular weight excluding hydrogens is 364 g/mol. The van der Waals surface area contributed by atoms with Gasteiger partial charge < -0.3 is 15.5 Å². The maximum Gasteiger partial charge on any atom is 0.273 e. The van der Waals surface area contributed by atoms with Crippen LogP contribution in [0, 0.1) is 6.92 Å². The van der Waals surface area contributed by atoms with Crippen LogP contribution in [0.3, 0.4) is 0 Å². The van der Waals surface area contributed by atoms with Crippen molar-refractivity contribution in [1.82, 2.24) is 25.4 Å². The van der Waals surface area contributed by atoms with Crippen LogP contribution in [0.2, 0.25) is 0 Å². The second-order valence-electron chi connectivity index (χ2n) is 8.14. The van der Waals surface area contributed by atoms with E-state index in [1.54, 1.807) is 0 Å². The van der Waals surface area contributed by atoms with Crippen molar-refractivity contribution in [3.63, 3.8) is 0 Å². The molecule has 2 aromatic heterocycles. The van der Waals surface area contributed by atoms with Crippen LogP contribution in [0.4, 0.5) is 11.6 Å². The number of benzene rings is 1. The SMILES string of the molecule is Cc1c(C(=O)N2CCNC[C@H]2C)nc(Nc2cc(C3CC3)[nH]n2)c2ccccc12. The first-order chi connectivity index (χ1) is 14.1. The number of hydrogen-bond acceptors (Lipinski definition) is 5. The summed E-state index contributed by atoms with van der Waals surface area (Å²) in [5.41, 5.74) is 2.59. The number of aromatic amines is 1. The number of nitrogens with zero attached hydrogens (tertiary/aromatic N) is 3. The lowest BCUT2D eigenvalue weighted by molar-refractivity contribution is 0.0649. The van der Waals surface area contributed by atoms with Gasteiger partial charge in [-0.3, -0.25) is 9.89 Å². The van der Waals surface area contributed by atoms with E-state index in [0.29, 0.717) is 24.0 Å². The van der Waals surface area contributed by atoms with E-state index in [1.807, 2.05) is 36.1 Å². The fourth-order valence-electron chi connectivity index (χ4n) is 4.11. The largest absolute Gasteiger partial charge is 0.332 e. The fourth-order valence-corrected chi connectivity index (χ4v) is 4.11. The first kappa shape index (κ1) is 18.1. The molecule has 1 aliphatic heterocycles. The highest BCUT2D eigenvalue weighted by molar-refractivity contribution is 6.03. The Hall–Kier alpha value is -2.93. The lowest BCUT2D eigenvalue weighted by Crippen LogP contribution is -2.52. The number of nitrogens with one attached hydrogen (secondary N) is 3. The predicted octanol–water partition coefficient (Wildman–Crippen LogP) is 3.32. The molecule has 3 N–H and O–H groups in total. The van der Waals surface area contributed by atoms with Gasteiger partial charge in [-0.15, -0.1) is 0 Å². The molecule has 3 heterocycles. The van der Waals surface area contributed by atoms with E-state index >= 15 is 0 Å². The van der Waals surface area contributed by atoms with Crippen LogP contribution in [-0.2, 0) is 0 Å². The van der Waals surface area contributed by atoms with Gasteiger partial charge in [-0.05, 0) is 37.6 Å². The molecular formula is C22H26N6O. The second kappa shape index (κ2) is 7.15. The van der Waals surface area contributed by atoms with Crippen LogP contribution in [0.15, 0.2) is 30.3 Å². The summed E-state index contributed by atoms with van der Waals surface area (Å²) in [6.45, 7) is 6.37. The maximum atomic E-state index is 13.4. The van der Waals surface area contributed by atoms with Crippen molar-refractivity contribution in [2.24, 2.45) is 0 Å². The van der Waals surface area contributed by atoms with Gasteiger partial charge in [-0.2, -0.15) is 5.10 Å². The molecule has 3 aromatic rings. The quantitative estimate of drug-likeness (QED) is 0.636. The van der Waals surface area contributed by atoms with Crippen LogP contribution in [-0.4, -0.2) is 51.7 Å².